The summed E-state index contributed by atoms with van der Waals surface area (Å²) in [6, 6.07) is 12.9. The van der Waals surface area contributed by atoms with Gasteiger partial charge < -0.3 is 9.84 Å². The van der Waals surface area contributed by atoms with E-state index in [2.05, 4.69) is 11.1 Å². The number of aromatic nitrogens is 1. The first-order valence-corrected chi connectivity index (χ1v) is 5.97. The summed E-state index contributed by atoms with van der Waals surface area (Å²) < 4.78 is 5.65. The van der Waals surface area contributed by atoms with Crippen LogP contribution in [-0.2, 0) is 6.42 Å². The number of hydrogen-bond donors (Lipinski definition) is 1. The fraction of sp³-hybridized carbons (Fsp3) is 0.200. The van der Waals surface area contributed by atoms with Crippen LogP contribution in [0.25, 0.3) is 0 Å². The highest BCUT2D eigenvalue weighted by Gasteiger charge is 2.10. The molecule has 0 aliphatic rings. The predicted molar refractivity (Wildman–Crippen MR) is 70.7 cm³/mol. The van der Waals surface area contributed by atoms with Crippen molar-refractivity contribution in [3.8, 4) is 17.7 Å². The van der Waals surface area contributed by atoms with E-state index in [4.69, 9.17) is 10.00 Å². The Bertz CT molecular complexity index is 586. The van der Waals surface area contributed by atoms with Crippen LogP contribution in [0, 0.1) is 11.3 Å². The van der Waals surface area contributed by atoms with Crippen molar-refractivity contribution in [1.29, 1.82) is 5.26 Å². The molecule has 0 unspecified atom stereocenters. The van der Waals surface area contributed by atoms with E-state index in [1.165, 1.54) is 0 Å². The molecule has 1 heterocycles. The monoisotopic (exact) mass is 254 g/mol. The maximum Gasteiger partial charge on any atom is 0.225 e. The second-order valence-corrected chi connectivity index (χ2v) is 4.15. The molecule has 19 heavy (non-hydrogen) atoms. The van der Waals surface area contributed by atoms with Gasteiger partial charge >= 0.3 is 0 Å². The highest BCUT2D eigenvalue weighted by molar-refractivity contribution is 5.35. The molecule has 1 atom stereocenters. The van der Waals surface area contributed by atoms with E-state index < -0.39 is 6.10 Å². The molecule has 4 heteroatoms. The van der Waals surface area contributed by atoms with Crippen LogP contribution in [0.1, 0.15) is 24.2 Å². The molecule has 0 aliphatic carbocycles. The molecule has 0 fully saturated rings. The number of aliphatic hydroxyl groups is 1. The van der Waals surface area contributed by atoms with Gasteiger partial charge in [0, 0.05) is 11.8 Å². The first-order valence-electron chi connectivity index (χ1n) is 5.97. The number of ether oxygens (including phenoxy) is 1. The molecular formula is C15H14N2O2. The molecule has 1 N–H and O–H groups in total. The summed E-state index contributed by atoms with van der Waals surface area (Å²) in [7, 11) is 0. The molecule has 0 saturated carbocycles. The minimum absolute atomic E-state index is 0.378. The number of nitrogens with zero attached hydrogens (tertiary/aromatic N) is 2. The SMILES string of the molecule is C[C@H](O)c1cccnc1Oc1ccc(CC#N)cc1. The number of aliphatic hydroxyl groups excluding tert-OH is 1. The molecule has 0 amide bonds. The van der Waals surface area contributed by atoms with Crippen LogP contribution in [0.5, 0.6) is 11.6 Å². The van der Waals surface area contributed by atoms with E-state index in [0.29, 0.717) is 23.6 Å². The van der Waals surface area contributed by atoms with Crippen LogP contribution in [0.4, 0.5) is 0 Å². The molecule has 0 bridgehead atoms. The Balaban J connectivity index is 2.19. The van der Waals surface area contributed by atoms with Crippen LogP contribution in [0.15, 0.2) is 42.6 Å². The summed E-state index contributed by atoms with van der Waals surface area (Å²) >= 11 is 0. The summed E-state index contributed by atoms with van der Waals surface area (Å²) in [6.45, 7) is 1.67. The lowest BCUT2D eigenvalue weighted by atomic mass is 10.1. The normalized spacial score (nSPS) is 11.6. The van der Waals surface area contributed by atoms with Crippen LogP contribution < -0.4 is 4.74 Å². The number of nitriles is 1. The van der Waals surface area contributed by atoms with Gasteiger partial charge in [-0.2, -0.15) is 5.26 Å². The Labute approximate surface area is 111 Å². The average Bonchev–Trinajstić information content (AvgIpc) is 2.42. The van der Waals surface area contributed by atoms with Crippen molar-refractivity contribution < 1.29 is 9.84 Å². The van der Waals surface area contributed by atoms with Crippen molar-refractivity contribution in [3.63, 3.8) is 0 Å². The molecule has 0 saturated heterocycles. The summed E-state index contributed by atoms with van der Waals surface area (Å²) in [6.07, 6.45) is 1.36. The largest absolute Gasteiger partial charge is 0.439 e. The molecule has 1 aromatic carbocycles. The Morgan fingerprint density at radius 1 is 1.32 bits per heavy atom. The summed E-state index contributed by atoms with van der Waals surface area (Å²) in [5, 5.41) is 18.2. The van der Waals surface area contributed by atoms with E-state index in [1.54, 1.807) is 37.4 Å². The average molecular weight is 254 g/mol. The highest BCUT2D eigenvalue weighted by atomic mass is 16.5. The van der Waals surface area contributed by atoms with Gasteiger partial charge in [0.15, 0.2) is 0 Å². The van der Waals surface area contributed by atoms with Crippen molar-refractivity contribution in [1.82, 2.24) is 4.98 Å². The van der Waals surface area contributed by atoms with Crippen molar-refractivity contribution >= 4 is 0 Å². The maximum atomic E-state index is 9.64. The summed E-state index contributed by atoms with van der Waals surface area (Å²) in [5.74, 6) is 1.02. The Morgan fingerprint density at radius 3 is 2.68 bits per heavy atom. The van der Waals surface area contributed by atoms with E-state index in [-0.39, 0.29) is 0 Å². The van der Waals surface area contributed by atoms with Gasteiger partial charge in [0.25, 0.3) is 0 Å². The lowest BCUT2D eigenvalue weighted by Crippen LogP contribution is -1.98. The van der Waals surface area contributed by atoms with Crippen LogP contribution in [-0.4, -0.2) is 10.1 Å². The first-order chi connectivity index (χ1) is 9.20. The molecule has 0 aliphatic heterocycles. The maximum absolute atomic E-state index is 9.64. The number of rotatable bonds is 4. The third kappa shape index (κ3) is 3.30. The lowest BCUT2D eigenvalue weighted by molar-refractivity contribution is 0.194. The van der Waals surface area contributed by atoms with Gasteiger partial charge in [-0.25, -0.2) is 4.98 Å². The molecule has 0 spiro atoms. The zero-order chi connectivity index (χ0) is 13.7. The van der Waals surface area contributed by atoms with Gasteiger partial charge in [-0.05, 0) is 36.8 Å². The Morgan fingerprint density at radius 2 is 2.05 bits per heavy atom. The van der Waals surface area contributed by atoms with Crippen molar-refractivity contribution in [2.45, 2.75) is 19.4 Å². The number of hydrogen-bond acceptors (Lipinski definition) is 4. The van der Waals surface area contributed by atoms with Crippen molar-refractivity contribution in [2.24, 2.45) is 0 Å². The molecular weight excluding hydrogens is 240 g/mol. The van der Waals surface area contributed by atoms with Gasteiger partial charge in [0.2, 0.25) is 5.88 Å². The number of pyridine rings is 1. The van der Waals surface area contributed by atoms with Crippen LogP contribution in [0.2, 0.25) is 0 Å². The second kappa shape index (κ2) is 5.98. The summed E-state index contributed by atoms with van der Waals surface area (Å²) in [5.41, 5.74) is 1.58. The quantitative estimate of drug-likeness (QED) is 0.910. The molecule has 4 nitrogen and oxygen atoms in total. The molecule has 0 radical (unpaired) electrons. The van der Waals surface area contributed by atoms with E-state index in [1.807, 2.05) is 12.1 Å². The zero-order valence-corrected chi connectivity index (χ0v) is 10.6. The predicted octanol–water partition coefficient (Wildman–Crippen LogP) is 2.99. The second-order valence-electron chi connectivity index (χ2n) is 4.15. The van der Waals surface area contributed by atoms with Gasteiger partial charge in [-0.1, -0.05) is 12.1 Å². The van der Waals surface area contributed by atoms with E-state index >= 15 is 0 Å². The third-order valence-corrected chi connectivity index (χ3v) is 2.67. The fourth-order valence-electron chi connectivity index (χ4n) is 1.68. The number of benzene rings is 1. The van der Waals surface area contributed by atoms with Crippen LogP contribution in [0.3, 0.4) is 0 Å². The minimum Gasteiger partial charge on any atom is -0.439 e. The summed E-state index contributed by atoms with van der Waals surface area (Å²) in [4.78, 5) is 4.12. The Kier molecular flexibility index (Phi) is 4.11. The standard InChI is InChI=1S/C15H14N2O2/c1-11(18)14-3-2-10-17-15(14)19-13-6-4-12(5-7-13)8-9-16/h2-7,10-11,18H,8H2,1H3/t11-/m0/s1. The first kappa shape index (κ1) is 13.1. The van der Waals surface area contributed by atoms with Gasteiger partial charge in [-0.15, -0.1) is 0 Å². The third-order valence-electron chi connectivity index (χ3n) is 2.67. The van der Waals surface area contributed by atoms with E-state index in [0.717, 1.165) is 5.56 Å². The van der Waals surface area contributed by atoms with Gasteiger partial charge in [0.1, 0.15) is 5.75 Å². The highest BCUT2D eigenvalue weighted by Crippen LogP contribution is 2.27. The smallest absolute Gasteiger partial charge is 0.225 e. The molecule has 1 aromatic heterocycles. The zero-order valence-electron chi connectivity index (χ0n) is 10.6. The lowest BCUT2D eigenvalue weighted by Gasteiger charge is -2.11. The molecule has 2 aromatic rings. The topological polar surface area (TPSA) is 66.1 Å². The molecule has 2 rings (SSSR count). The van der Waals surface area contributed by atoms with Crippen molar-refractivity contribution in [2.75, 3.05) is 0 Å². The fourth-order valence-corrected chi connectivity index (χ4v) is 1.68. The van der Waals surface area contributed by atoms with Crippen LogP contribution >= 0.6 is 0 Å². The molecule has 96 valence electrons. The van der Waals surface area contributed by atoms with Gasteiger partial charge in [-0.3, -0.25) is 0 Å². The minimum atomic E-state index is -0.637. The Hall–Kier alpha value is -2.38. The van der Waals surface area contributed by atoms with Crippen molar-refractivity contribution in [3.05, 3.63) is 53.7 Å². The van der Waals surface area contributed by atoms with E-state index in [9.17, 15) is 5.11 Å². The van der Waals surface area contributed by atoms with Gasteiger partial charge in [0.05, 0.1) is 18.6 Å².